The third-order valence-electron chi connectivity index (χ3n) is 2.62. The molecular formula is C13H16N2O3S. The van der Waals surface area contributed by atoms with Gasteiger partial charge in [0.25, 0.3) is 0 Å². The fourth-order valence-electron chi connectivity index (χ4n) is 1.63. The maximum atomic E-state index is 11.5. The minimum Gasteiger partial charge on any atom is -0.444 e. The zero-order valence-corrected chi connectivity index (χ0v) is 11.7. The molecule has 0 aliphatic rings. The van der Waals surface area contributed by atoms with E-state index in [1.54, 1.807) is 30.5 Å². The van der Waals surface area contributed by atoms with Crippen molar-refractivity contribution in [1.82, 2.24) is 10.3 Å². The summed E-state index contributed by atoms with van der Waals surface area (Å²) in [6.45, 7) is 3.49. The number of hydrogen-bond donors (Lipinski definition) is 1. The zero-order valence-electron chi connectivity index (χ0n) is 10.9. The van der Waals surface area contributed by atoms with Gasteiger partial charge in [-0.1, -0.05) is 13.0 Å². The van der Waals surface area contributed by atoms with E-state index in [0.717, 1.165) is 12.2 Å². The standard InChI is InChI=1S/C13H16N2O3S/c1-3-14-8-11-9-18-13(15-11)10-5-4-6-12(7-10)19(2,16)17/h4-7,9,14H,3,8H2,1-2H3. The third kappa shape index (κ3) is 3.42. The van der Waals surface area contributed by atoms with Crippen molar-refractivity contribution < 1.29 is 12.8 Å². The van der Waals surface area contributed by atoms with Crippen LogP contribution in [-0.4, -0.2) is 26.2 Å². The van der Waals surface area contributed by atoms with E-state index < -0.39 is 9.84 Å². The van der Waals surface area contributed by atoms with Crippen LogP contribution in [0.25, 0.3) is 11.5 Å². The van der Waals surface area contributed by atoms with Gasteiger partial charge in [-0.2, -0.15) is 0 Å². The van der Waals surface area contributed by atoms with Gasteiger partial charge in [-0.05, 0) is 24.7 Å². The number of aromatic nitrogens is 1. The molecule has 19 heavy (non-hydrogen) atoms. The Morgan fingerprint density at radius 2 is 2.16 bits per heavy atom. The highest BCUT2D eigenvalue weighted by atomic mass is 32.2. The van der Waals surface area contributed by atoms with Gasteiger partial charge in [0.05, 0.1) is 10.6 Å². The Labute approximate surface area is 112 Å². The van der Waals surface area contributed by atoms with Crippen LogP contribution in [0.1, 0.15) is 12.6 Å². The van der Waals surface area contributed by atoms with Crippen LogP contribution in [0.4, 0.5) is 0 Å². The van der Waals surface area contributed by atoms with Crippen LogP contribution in [0, 0.1) is 0 Å². The lowest BCUT2D eigenvalue weighted by atomic mass is 10.2. The van der Waals surface area contributed by atoms with Crippen LogP contribution < -0.4 is 5.32 Å². The topological polar surface area (TPSA) is 72.2 Å². The second-order valence-corrected chi connectivity index (χ2v) is 6.24. The Morgan fingerprint density at radius 3 is 2.84 bits per heavy atom. The summed E-state index contributed by atoms with van der Waals surface area (Å²) in [6, 6.07) is 6.58. The van der Waals surface area contributed by atoms with Gasteiger partial charge >= 0.3 is 0 Å². The van der Waals surface area contributed by atoms with E-state index in [1.807, 2.05) is 6.92 Å². The number of sulfone groups is 1. The largest absolute Gasteiger partial charge is 0.444 e. The van der Waals surface area contributed by atoms with Crippen LogP contribution in [0.15, 0.2) is 39.8 Å². The summed E-state index contributed by atoms with van der Waals surface area (Å²) in [7, 11) is -3.22. The first-order valence-corrected chi connectivity index (χ1v) is 7.85. The van der Waals surface area contributed by atoms with E-state index in [-0.39, 0.29) is 4.90 Å². The lowest BCUT2D eigenvalue weighted by Gasteiger charge is -2.00. The molecule has 1 aromatic heterocycles. The van der Waals surface area contributed by atoms with Crippen molar-refractivity contribution in [3.63, 3.8) is 0 Å². The predicted molar refractivity (Wildman–Crippen MR) is 72.4 cm³/mol. The normalized spacial score (nSPS) is 11.7. The highest BCUT2D eigenvalue weighted by molar-refractivity contribution is 7.90. The molecule has 0 radical (unpaired) electrons. The zero-order chi connectivity index (χ0) is 13.9. The number of nitrogens with one attached hydrogen (secondary N) is 1. The molecule has 5 nitrogen and oxygen atoms in total. The van der Waals surface area contributed by atoms with Crippen molar-refractivity contribution in [3.8, 4) is 11.5 Å². The van der Waals surface area contributed by atoms with Crippen LogP contribution in [0.5, 0.6) is 0 Å². The van der Waals surface area contributed by atoms with Crippen LogP contribution in [-0.2, 0) is 16.4 Å². The summed E-state index contributed by atoms with van der Waals surface area (Å²) < 4.78 is 28.4. The molecule has 0 saturated heterocycles. The van der Waals surface area contributed by atoms with Crippen molar-refractivity contribution in [2.75, 3.05) is 12.8 Å². The molecule has 1 N–H and O–H groups in total. The fraction of sp³-hybridized carbons (Fsp3) is 0.308. The summed E-state index contributed by atoms with van der Waals surface area (Å²) in [5, 5.41) is 3.15. The molecule has 102 valence electrons. The highest BCUT2D eigenvalue weighted by Crippen LogP contribution is 2.21. The molecule has 1 aromatic carbocycles. The average Bonchev–Trinajstić information content (AvgIpc) is 2.84. The van der Waals surface area contributed by atoms with Gasteiger partial charge in [0.1, 0.15) is 6.26 Å². The molecule has 0 aliphatic heterocycles. The third-order valence-corrected chi connectivity index (χ3v) is 3.73. The van der Waals surface area contributed by atoms with E-state index in [9.17, 15) is 8.42 Å². The summed E-state index contributed by atoms with van der Waals surface area (Å²) in [4.78, 5) is 4.58. The number of nitrogens with zero attached hydrogens (tertiary/aromatic N) is 1. The average molecular weight is 280 g/mol. The minimum absolute atomic E-state index is 0.261. The molecule has 6 heteroatoms. The molecule has 1 heterocycles. The Hall–Kier alpha value is -1.66. The molecule has 0 bridgehead atoms. The first-order chi connectivity index (χ1) is 9.00. The van der Waals surface area contributed by atoms with Crippen molar-refractivity contribution in [3.05, 3.63) is 36.2 Å². The summed E-state index contributed by atoms with van der Waals surface area (Å²) in [5.74, 6) is 0.429. The number of rotatable bonds is 5. The molecule has 0 atom stereocenters. The van der Waals surface area contributed by atoms with E-state index in [0.29, 0.717) is 18.0 Å². The molecule has 2 aromatic rings. The molecule has 0 unspecified atom stereocenters. The van der Waals surface area contributed by atoms with Crippen LogP contribution >= 0.6 is 0 Å². The Bertz CT molecular complexity index is 662. The number of benzene rings is 1. The van der Waals surface area contributed by atoms with Gasteiger partial charge in [-0.3, -0.25) is 0 Å². The van der Waals surface area contributed by atoms with Gasteiger partial charge in [0.15, 0.2) is 9.84 Å². The van der Waals surface area contributed by atoms with E-state index in [4.69, 9.17) is 4.42 Å². The van der Waals surface area contributed by atoms with Crippen molar-refractivity contribution in [2.45, 2.75) is 18.4 Å². The van der Waals surface area contributed by atoms with Gasteiger partial charge in [-0.25, -0.2) is 13.4 Å². The maximum absolute atomic E-state index is 11.5. The lowest BCUT2D eigenvalue weighted by molar-refractivity contribution is 0.570. The summed E-state index contributed by atoms with van der Waals surface area (Å²) >= 11 is 0. The Morgan fingerprint density at radius 1 is 1.37 bits per heavy atom. The second kappa shape index (κ2) is 5.54. The smallest absolute Gasteiger partial charge is 0.226 e. The monoisotopic (exact) mass is 280 g/mol. The fourth-order valence-corrected chi connectivity index (χ4v) is 2.30. The van der Waals surface area contributed by atoms with Gasteiger partial charge in [0, 0.05) is 18.4 Å². The highest BCUT2D eigenvalue weighted by Gasteiger charge is 2.11. The first-order valence-electron chi connectivity index (χ1n) is 5.96. The Kier molecular flexibility index (Phi) is 4.01. The van der Waals surface area contributed by atoms with Crippen molar-refractivity contribution in [1.29, 1.82) is 0 Å². The van der Waals surface area contributed by atoms with Gasteiger partial charge in [0.2, 0.25) is 5.89 Å². The Balaban J connectivity index is 2.29. The van der Waals surface area contributed by atoms with Gasteiger partial charge < -0.3 is 9.73 Å². The van der Waals surface area contributed by atoms with Crippen LogP contribution in [0.3, 0.4) is 0 Å². The molecule has 2 rings (SSSR count). The van der Waals surface area contributed by atoms with E-state index in [2.05, 4.69) is 10.3 Å². The van der Waals surface area contributed by atoms with Gasteiger partial charge in [-0.15, -0.1) is 0 Å². The van der Waals surface area contributed by atoms with E-state index >= 15 is 0 Å². The number of oxazole rings is 1. The minimum atomic E-state index is -3.22. The number of hydrogen-bond acceptors (Lipinski definition) is 5. The molecule has 0 saturated carbocycles. The lowest BCUT2D eigenvalue weighted by Crippen LogP contribution is -2.11. The first kappa shape index (κ1) is 13.8. The SMILES string of the molecule is CCNCc1coc(-c2cccc(S(C)(=O)=O)c2)n1. The summed E-state index contributed by atoms with van der Waals surface area (Å²) in [6.07, 6.45) is 2.75. The van der Waals surface area contributed by atoms with Crippen LogP contribution in [0.2, 0.25) is 0 Å². The van der Waals surface area contributed by atoms with Crippen molar-refractivity contribution >= 4 is 9.84 Å². The van der Waals surface area contributed by atoms with Crippen molar-refractivity contribution in [2.24, 2.45) is 0 Å². The predicted octanol–water partition coefficient (Wildman–Crippen LogP) is 1.85. The molecular weight excluding hydrogens is 264 g/mol. The molecule has 0 amide bonds. The molecule has 0 aliphatic carbocycles. The quantitative estimate of drug-likeness (QED) is 0.905. The molecule has 0 spiro atoms. The maximum Gasteiger partial charge on any atom is 0.226 e. The van der Waals surface area contributed by atoms with E-state index in [1.165, 1.54) is 6.26 Å². The second-order valence-electron chi connectivity index (χ2n) is 4.22. The summed E-state index contributed by atoms with van der Waals surface area (Å²) in [5.41, 5.74) is 1.45. The molecule has 0 fully saturated rings.